The predicted molar refractivity (Wildman–Crippen MR) is 71.5 cm³/mol. The van der Waals surface area contributed by atoms with E-state index in [-0.39, 0.29) is 12.5 Å². The number of aliphatic hydroxyl groups excluding tert-OH is 1. The van der Waals surface area contributed by atoms with Crippen LogP contribution >= 0.6 is 0 Å². The van der Waals surface area contributed by atoms with Gasteiger partial charge in [-0.1, -0.05) is 31.9 Å². The molecule has 3 heteroatoms. The van der Waals surface area contributed by atoms with E-state index in [0.717, 1.165) is 42.6 Å². The van der Waals surface area contributed by atoms with Gasteiger partial charge in [0.2, 0.25) is 0 Å². The molecule has 0 aromatic heterocycles. The highest BCUT2D eigenvalue weighted by atomic mass is 16.3. The fourth-order valence-corrected chi connectivity index (χ4v) is 2.56. The zero-order valence-electron chi connectivity index (χ0n) is 11.0. The first-order valence-corrected chi connectivity index (χ1v) is 6.78. The van der Waals surface area contributed by atoms with E-state index < -0.39 is 0 Å². The quantitative estimate of drug-likeness (QED) is 0.811. The van der Waals surface area contributed by atoms with Crippen LogP contribution in [-0.4, -0.2) is 29.0 Å². The van der Waals surface area contributed by atoms with Crippen molar-refractivity contribution in [2.24, 2.45) is 0 Å². The van der Waals surface area contributed by atoms with E-state index in [1.807, 2.05) is 23.1 Å². The normalized spacial score (nSPS) is 14.8. The van der Waals surface area contributed by atoms with E-state index in [4.69, 9.17) is 0 Å². The monoisotopic (exact) mass is 247 g/mol. The number of rotatable bonds is 5. The molecular weight excluding hydrogens is 226 g/mol. The molecule has 1 aromatic rings. The fraction of sp³-hybridized carbons (Fsp3) is 0.533. The standard InChI is InChI=1S/C15H21NO2/c1-2-3-4-9-16-10-8-13-12(11-17)6-5-7-14(13)15(16)18/h5-7,17H,2-4,8-11H2,1H3. The second-order valence-electron chi connectivity index (χ2n) is 4.85. The predicted octanol–water partition coefficient (Wildman–Crippen LogP) is 2.37. The van der Waals surface area contributed by atoms with Crippen LogP contribution in [0.15, 0.2) is 18.2 Å². The summed E-state index contributed by atoms with van der Waals surface area (Å²) in [6, 6.07) is 5.64. The van der Waals surface area contributed by atoms with Crippen LogP contribution in [0.5, 0.6) is 0 Å². The molecule has 0 spiro atoms. The van der Waals surface area contributed by atoms with E-state index >= 15 is 0 Å². The maximum atomic E-state index is 12.3. The number of hydrogen-bond donors (Lipinski definition) is 1. The van der Waals surface area contributed by atoms with Crippen LogP contribution in [0.25, 0.3) is 0 Å². The van der Waals surface area contributed by atoms with Crippen molar-refractivity contribution >= 4 is 5.91 Å². The van der Waals surface area contributed by atoms with Crippen LogP contribution < -0.4 is 0 Å². The highest BCUT2D eigenvalue weighted by molar-refractivity contribution is 5.97. The summed E-state index contributed by atoms with van der Waals surface area (Å²) in [4.78, 5) is 14.3. The van der Waals surface area contributed by atoms with Crippen molar-refractivity contribution in [3.8, 4) is 0 Å². The highest BCUT2D eigenvalue weighted by Crippen LogP contribution is 2.23. The van der Waals surface area contributed by atoms with Crippen molar-refractivity contribution in [3.05, 3.63) is 34.9 Å². The molecule has 0 radical (unpaired) electrons. The van der Waals surface area contributed by atoms with E-state index in [1.54, 1.807) is 0 Å². The fourth-order valence-electron chi connectivity index (χ4n) is 2.56. The number of hydrogen-bond acceptors (Lipinski definition) is 2. The molecule has 1 amide bonds. The van der Waals surface area contributed by atoms with Crippen LogP contribution in [0, 0.1) is 0 Å². The number of amides is 1. The zero-order chi connectivity index (χ0) is 13.0. The minimum atomic E-state index is 0.0201. The van der Waals surface area contributed by atoms with Gasteiger partial charge < -0.3 is 10.0 Å². The van der Waals surface area contributed by atoms with Crippen molar-refractivity contribution in [2.75, 3.05) is 13.1 Å². The Morgan fingerprint density at radius 3 is 2.89 bits per heavy atom. The smallest absolute Gasteiger partial charge is 0.254 e. The molecule has 1 aliphatic heterocycles. The van der Waals surface area contributed by atoms with Gasteiger partial charge in [-0.3, -0.25) is 4.79 Å². The summed E-state index contributed by atoms with van der Waals surface area (Å²) in [5, 5.41) is 9.29. The van der Waals surface area contributed by atoms with Gasteiger partial charge >= 0.3 is 0 Å². The summed E-state index contributed by atoms with van der Waals surface area (Å²) in [6.45, 7) is 3.83. The topological polar surface area (TPSA) is 40.5 Å². The molecule has 0 saturated carbocycles. The lowest BCUT2D eigenvalue weighted by Crippen LogP contribution is -2.38. The summed E-state index contributed by atoms with van der Waals surface area (Å²) in [5.41, 5.74) is 2.72. The van der Waals surface area contributed by atoms with Gasteiger partial charge in [-0.25, -0.2) is 0 Å². The number of carbonyl (C=O) groups is 1. The molecule has 1 heterocycles. The van der Waals surface area contributed by atoms with Gasteiger partial charge in [0, 0.05) is 18.7 Å². The molecule has 0 bridgehead atoms. The third-order valence-electron chi connectivity index (χ3n) is 3.62. The van der Waals surface area contributed by atoms with Gasteiger partial charge in [0.15, 0.2) is 0 Å². The van der Waals surface area contributed by atoms with Crippen LogP contribution in [0.1, 0.15) is 47.7 Å². The summed E-state index contributed by atoms with van der Waals surface area (Å²) >= 11 is 0. The first-order valence-electron chi connectivity index (χ1n) is 6.78. The van der Waals surface area contributed by atoms with Gasteiger partial charge in [0.05, 0.1) is 6.61 Å². The van der Waals surface area contributed by atoms with Crippen molar-refractivity contribution in [1.82, 2.24) is 4.90 Å². The van der Waals surface area contributed by atoms with E-state index in [0.29, 0.717) is 0 Å². The van der Waals surface area contributed by atoms with Gasteiger partial charge in [0.1, 0.15) is 0 Å². The Bertz CT molecular complexity index is 429. The third-order valence-corrected chi connectivity index (χ3v) is 3.62. The maximum Gasteiger partial charge on any atom is 0.254 e. The molecule has 1 aliphatic rings. The Kier molecular flexibility index (Phi) is 4.37. The number of benzene rings is 1. The first-order chi connectivity index (χ1) is 8.77. The average Bonchev–Trinajstić information content (AvgIpc) is 2.41. The number of nitrogens with zero attached hydrogens (tertiary/aromatic N) is 1. The molecule has 0 aliphatic carbocycles. The molecule has 0 atom stereocenters. The molecule has 0 saturated heterocycles. The van der Waals surface area contributed by atoms with Crippen molar-refractivity contribution in [2.45, 2.75) is 39.2 Å². The minimum absolute atomic E-state index is 0.0201. The summed E-state index contributed by atoms with van der Waals surface area (Å²) in [5.74, 6) is 0.127. The lowest BCUT2D eigenvalue weighted by Gasteiger charge is -2.29. The molecule has 0 unspecified atom stereocenters. The summed E-state index contributed by atoms with van der Waals surface area (Å²) in [6.07, 6.45) is 4.29. The van der Waals surface area contributed by atoms with Crippen molar-refractivity contribution in [1.29, 1.82) is 0 Å². The second-order valence-corrected chi connectivity index (χ2v) is 4.85. The number of carbonyl (C=O) groups excluding carboxylic acids is 1. The molecule has 0 fully saturated rings. The largest absolute Gasteiger partial charge is 0.392 e. The number of aliphatic hydroxyl groups is 1. The average molecular weight is 247 g/mol. The van der Waals surface area contributed by atoms with E-state index in [1.165, 1.54) is 12.8 Å². The lowest BCUT2D eigenvalue weighted by atomic mass is 9.94. The number of fused-ring (bicyclic) bond motifs is 1. The molecular formula is C15H21NO2. The third kappa shape index (κ3) is 2.56. The molecule has 1 aromatic carbocycles. The zero-order valence-corrected chi connectivity index (χ0v) is 11.0. The summed E-state index contributed by atoms with van der Waals surface area (Å²) in [7, 11) is 0. The molecule has 2 rings (SSSR count). The Morgan fingerprint density at radius 1 is 1.33 bits per heavy atom. The first kappa shape index (κ1) is 13.1. The SMILES string of the molecule is CCCCCN1CCc2c(CO)cccc2C1=O. The minimum Gasteiger partial charge on any atom is -0.392 e. The van der Waals surface area contributed by atoms with Gasteiger partial charge in [-0.2, -0.15) is 0 Å². The van der Waals surface area contributed by atoms with Gasteiger partial charge in [-0.15, -0.1) is 0 Å². The molecule has 18 heavy (non-hydrogen) atoms. The Hall–Kier alpha value is -1.35. The van der Waals surface area contributed by atoms with E-state index in [9.17, 15) is 9.90 Å². The van der Waals surface area contributed by atoms with Gasteiger partial charge in [-0.05, 0) is 30.0 Å². The van der Waals surface area contributed by atoms with Crippen LogP contribution in [-0.2, 0) is 13.0 Å². The van der Waals surface area contributed by atoms with Crippen LogP contribution in [0.2, 0.25) is 0 Å². The Balaban J connectivity index is 2.13. The lowest BCUT2D eigenvalue weighted by molar-refractivity contribution is 0.0736. The van der Waals surface area contributed by atoms with E-state index in [2.05, 4.69) is 6.92 Å². The molecule has 3 nitrogen and oxygen atoms in total. The Morgan fingerprint density at radius 2 is 2.17 bits per heavy atom. The highest BCUT2D eigenvalue weighted by Gasteiger charge is 2.25. The van der Waals surface area contributed by atoms with Crippen LogP contribution in [0.4, 0.5) is 0 Å². The van der Waals surface area contributed by atoms with Crippen LogP contribution in [0.3, 0.4) is 0 Å². The van der Waals surface area contributed by atoms with Gasteiger partial charge in [0.25, 0.3) is 5.91 Å². The van der Waals surface area contributed by atoms with Crippen molar-refractivity contribution in [3.63, 3.8) is 0 Å². The molecule has 98 valence electrons. The Labute approximate surface area is 108 Å². The maximum absolute atomic E-state index is 12.3. The second kappa shape index (κ2) is 6.01. The summed E-state index contributed by atoms with van der Waals surface area (Å²) < 4.78 is 0. The number of unbranched alkanes of at least 4 members (excludes halogenated alkanes) is 2. The van der Waals surface area contributed by atoms with Crippen molar-refractivity contribution < 1.29 is 9.90 Å². The molecule has 1 N–H and O–H groups in total.